The van der Waals surface area contributed by atoms with Gasteiger partial charge >= 0.3 is 12.6 Å². The third-order valence-corrected chi connectivity index (χ3v) is 2.74. The molecule has 122 valence electrons. The summed E-state index contributed by atoms with van der Waals surface area (Å²) >= 11 is 0. The van der Waals surface area contributed by atoms with Gasteiger partial charge in [0.15, 0.2) is 0 Å². The van der Waals surface area contributed by atoms with E-state index < -0.39 is 12.6 Å². The third kappa shape index (κ3) is 5.46. The van der Waals surface area contributed by atoms with Crippen LogP contribution in [0, 0.1) is 0 Å². The number of halogens is 2. The molecule has 7 heteroatoms. The zero-order valence-electron chi connectivity index (χ0n) is 12.4. The van der Waals surface area contributed by atoms with E-state index in [9.17, 15) is 13.6 Å². The fourth-order valence-corrected chi connectivity index (χ4v) is 1.84. The van der Waals surface area contributed by atoms with E-state index in [-0.39, 0.29) is 5.75 Å². The standard InChI is InChI=1S/C16H16F2N2O3/c1-2-22-13-8-6-11(7-9-13)19-16(21)20-12-4-3-5-14(10-12)23-15(17)18/h3-10,15H,2H2,1H3,(H2,19,20,21). The van der Waals surface area contributed by atoms with Gasteiger partial charge in [0.2, 0.25) is 0 Å². The fraction of sp³-hybridized carbons (Fsp3) is 0.188. The Kier molecular flexibility index (Phi) is 5.74. The molecule has 0 atom stereocenters. The maximum absolute atomic E-state index is 12.2. The number of alkyl halides is 2. The highest BCUT2D eigenvalue weighted by Crippen LogP contribution is 2.20. The van der Waals surface area contributed by atoms with Crippen molar-refractivity contribution in [2.75, 3.05) is 17.2 Å². The van der Waals surface area contributed by atoms with Gasteiger partial charge in [0.25, 0.3) is 0 Å². The van der Waals surface area contributed by atoms with E-state index in [0.29, 0.717) is 23.7 Å². The highest BCUT2D eigenvalue weighted by atomic mass is 19.3. The Morgan fingerprint density at radius 3 is 2.39 bits per heavy atom. The van der Waals surface area contributed by atoms with Crippen LogP contribution in [0.25, 0.3) is 0 Å². The number of carbonyl (C=O) groups excluding carboxylic acids is 1. The Bertz CT molecular complexity index is 648. The molecule has 0 aliphatic rings. The van der Waals surface area contributed by atoms with Crippen LogP contribution in [0.4, 0.5) is 25.0 Å². The van der Waals surface area contributed by atoms with E-state index in [0.717, 1.165) is 0 Å². The van der Waals surface area contributed by atoms with Crippen molar-refractivity contribution in [3.05, 3.63) is 48.5 Å². The lowest BCUT2D eigenvalue weighted by molar-refractivity contribution is -0.0497. The highest BCUT2D eigenvalue weighted by molar-refractivity contribution is 5.99. The van der Waals surface area contributed by atoms with Crippen molar-refractivity contribution in [3.8, 4) is 11.5 Å². The van der Waals surface area contributed by atoms with Crippen LogP contribution in [0.15, 0.2) is 48.5 Å². The first kappa shape index (κ1) is 16.5. The Morgan fingerprint density at radius 2 is 1.74 bits per heavy atom. The van der Waals surface area contributed by atoms with E-state index >= 15 is 0 Å². The molecule has 5 nitrogen and oxygen atoms in total. The summed E-state index contributed by atoms with van der Waals surface area (Å²) in [6, 6.07) is 12.1. The first-order valence-electron chi connectivity index (χ1n) is 6.92. The van der Waals surface area contributed by atoms with Crippen LogP contribution in [0.1, 0.15) is 6.92 Å². The average molecular weight is 322 g/mol. The fourth-order valence-electron chi connectivity index (χ4n) is 1.84. The monoisotopic (exact) mass is 322 g/mol. The molecule has 2 amide bonds. The minimum Gasteiger partial charge on any atom is -0.494 e. The van der Waals surface area contributed by atoms with Crippen LogP contribution >= 0.6 is 0 Å². The lowest BCUT2D eigenvalue weighted by Gasteiger charge is -2.10. The summed E-state index contributed by atoms with van der Waals surface area (Å²) < 4.78 is 33.9. The van der Waals surface area contributed by atoms with E-state index in [1.54, 1.807) is 30.3 Å². The van der Waals surface area contributed by atoms with Crippen LogP contribution in [0.2, 0.25) is 0 Å². The first-order chi connectivity index (χ1) is 11.1. The minimum atomic E-state index is -2.91. The summed E-state index contributed by atoms with van der Waals surface area (Å²) in [6.07, 6.45) is 0. The molecule has 0 fully saturated rings. The van der Waals surface area contributed by atoms with Gasteiger partial charge in [-0.3, -0.25) is 0 Å². The Morgan fingerprint density at radius 1 is 1.04 bits per heavy atom. The van der Waals surface area contributed by atoms with Gasteiger partial charge in [-0.25, -0.2) is 4.79 Å². The number of nitrogens with one attached hydrogen (secondary N) is 2. The van der Waals surface area contributed by atoms with Crippen molar-refractivity contribution < 1.29 is 23.0 Å². The zero-order chi connectivity index (χ0) is 16.7. The van der Waals surface area contributed by atoms with Crippen LogP contribution in [0.3, 0.4) is 0 Å². The van der Waals surface area contributed by atoms with Crippen LogP contribution in [0.5, 0.6) is 11.5 Å². The summed E-state index contributed by atoms with van der Waals surface area (Å²) in [4.78, 5) is 11.9. The van der Waals surface area contributed by atoms with Gasteiger partial charge < -0.3 is 20.1 Å². The summed E-state index contributed by atoms with van der Waals surface area (Å²) in [7, 11) is 0. The Labute approximate surface area is 132 Å². The highest BCUT2D eigenvalue weighted by Gasteiger charge is 2.07. The number of benzene rings is 2. The molecular formula is C16H16F2N2O3. The second-order valence-corrected chi connectivity index (χ2v) is 4.44. The lowest BCUT2D eigenvalue weighted by atomic mass is 10.3. The van der Waals surface area contributed by atoms with Gasteiger partial charge in [0, 0.05) is 17.4 Å². The zero-order valence-corrected chi connectivity index (χ0v) is 12.4. The lowest BCUT2D eigenvalue weighted by Crippen LogP contribution is -2.19. The van der Waals surface area contributed by atoms with Crippen molar-refractivity contribution >= 4 is 17.4 Å². The number of amides is 2. The molecule has 2 aromatic carbocycles. The molecule has 2 aromatic rings. The molecule has 0 bridgehead atoms. The van der Waals surface area contributed by atoms with Crippen molar-refractivity contribution in [1.29, 1.82) is 0 Å². The van der Waals surface area contributed by atoms with Crippen molar-refractivity contribution in [3.63, 3.8) is 0 Å². The molecule has 2 rings (SSSR count). The molecule has 0 aliphatic heterocycles. The number of rotatable bonds is 6. The smallest absolute Gasteiger partial charge is 0.387 e. The predicted octanol–water partition coefficient (Wildman–Crippen LogP) is 4.33. The van der Waals surface area contributed by atoms with Crippen molar-refractivity contribution in [2.45, 2.75) is 13.5 Å². The normalized spacial score (nSPS) is 10.3. The maximum Gasteiger partial charge on any atom is 0.387 e. The van der Waals surface area contributed by atoms with Crippen LogP contribution in [-0.4, -0.2) is 19.2 Å². The second-order valence-electron chi connectivity index (χ2n) is 4.44. The average Bonchev–Trinajstić information content (AvgIpc) is 2.49. The number of hydrogen-bond acceptors (Lipinski definition) is 3. The molecule has 0 saturated heterocycles. The molecule has 0 unspecified atom stereocenters. The van der Waals surface area contributed by atoms with E-state index in [1.165, 1.54) is 18.2 Å². The molecule has 0 saturated carbocycles. The first-order valence-corrected chi connectivity index (χ1v) is 6.92. The number of carbonyl (C=O) groups is 1. The number of hydrogen-bond donors (Lipinski definition) is 2. The SMILES string of the molecule is CCOc1ccc(NC(=O)Nc2cccc(OC(F)F)c2)cc1. The number of ether oxygens (including phenoxy) is 2. The van der Waals surface area contributed by atoms with E-state index in [1.807, 2.05) is 6.92 Å². The molecule has 0 heterocycles. The number of anilines is 2. The van der Waals surface area contributed by atoms with Crippen LogP contribution < -0.4 is 20.1 Å². The molecule has 2 N–H and O–H groups in total. The summed E-state index contributed by atoms with van der Waals surface area (Å²) in [5, 5.41) is 5.16. The molecule has 23 heavy (non-hydrogen) atoms. The van der Waals surface area contributed by atoms with Gasteiger partial charge in [-0.1, -0.05) is 6.07 Å². The Balaban J connectivity index is 1.93. The summed E-state index contributed by atoms with van der Waals surface area (Å²) in [6.45, 7) is -0.474. The van der Waals surface area contributed by atoms with Gasteiger partial charge in [-0.2, -0.15) is 8.78 Å². The van der Waals surface area contributed by atoms with Crippen LogP contribution in [-0.2, 0) is 0 Å². The number of urea groups is 1. The summed E-state index contributed by atoms with van der Waals surface area (Å²) in [5.74, 6) is 0.675. The topological polar surface area (TPSA) is 59.6 Å². The second kappa shape index (κ2) is 7.98. The Hall–Kier alpha value is -2.83. The van der Waals surface area contributed by atoms with Gasteiger partial charge in [0.05, 0.1) is 6.61 Å². The molecule has 0 spiro atoms. The molecule has 0 radical (unpaired) electrons. The van der Waals surface area contributed by atoms with Gasteiger partial charge in [-0.05, 0) is 43.3 Å². The predicted molar refractivity (Wildman–Crippen MR) is 83.3 cm³/mol. The molecular weight excluding hydrogens is 306 g/mol. The third-order valence-electron chi connectivity index (χ3n) is 2.74. The van der Waals surface area contributed by atoms with Gasteiger partial charge in [0.1, 0.15) is 11.5 Å². The van der Waals surface area contributed by atoms with Crippen molar-refractivity contribution in [2.24, 2.45) is 0 Å². The van der Waals surface area contributed by atoms with Crippen molar-refractivity contribution in [1.82, 2.24) is 0 Å². The quantitative estimate of drug-likeness (QED) is 0.832. The summed E-state index contributed by atoms with van der Waals surface area (Å²) in [5.41, 5.74) is 0.914. The van der Waals surface area contributed by atoms with E-state index in [2.05, 4.69) is 15.4 Å². The van der Waals surface area contributed by atoms with Gasteiger partial charge in [-0.15, -0.1) is 0 Å². The molecule has 0 aliphatic carbocycles. The molecule has 0 aromatic heterocycles. The largest absolute Gasteiger partial charge is 0.494 e. The maximum atomic E-state index is 12.2. The van der Waals surface area contributed by atoms with E-state index in [4.69, 9.17) is 4.74 Å². The minimum absolute atomic E-state index is 0.0288.